The molecule has 1 aromatic carbocycles. The summed E-state index contributed by atoms with van der Waals surface area (Å²) >= 11 is 0. The Morgan fingerprint density at radius 3 is 2.69 bits per heavy atom. The predicted molar refractivity (Wildman–Crippen MR) is 137 cm³/mol. The average molecular weight is 463 g/mol. The summed E-state index contributed by atoms with van der Waals surface area (Å²) in [5, 5.41) is 9.34. The third-order valence-electron chi connectivity index (χ3n) is 6.29. The minimum atomic E-state index is 0.617. The fourth-order valence-electron chi connectivity index (χ4n) is 4.68. The molecule has 1 N–H and O–H groups in total. The van der Waals surface area contributed by atoms with E-state index in [9.17, 15) is 0 Å². The summed E-state index contributed by atoms with van der Waals surface area (Å²) in [6, 6.07) is 20.1. The molecule has 0 spiro atoms. The van der Waals surface area contributed by atoms with Crippen LogP contribution in [0.1, 0.15) is 18.5 Å². The molecular formula is C28H26N6O. The number of pyridine rings is 3. The maximum atomic E-state index is 6.02. The van der Waals surface area contributed by atoms with Crippen LogP contribution in [0.4, 0.5) is 5.82 Å². The Balaban J connectivity index is 1.24. The minimum Gasteiger partial charge on any atom is -0.493 e. The average Bonchev–Trinajstić information content (AvgIpc) is 3.51. The lowest BCUT2D eigenvalue weighted by Crippen LogP contribution is -2.08. The van der Waals surface area contributed by atoms with Crippen LogP contribution < -0.4 is 10.1 Å². The summed E-state index contributed by atoms with van der Waals surface area (Å²) in [6.45, 7) is 2.37. The first-order valence-corrected chi connectivity index (χ1v) is 12.0. The number of fused-ring (bicyclic) bond motifs is 2. The molecule has 4 aromatic heterocycles. The van der Waals surface area contributed by atoms with Crippen molar-refractivity contribution >= 4 is 16.7 Å². The molecule has 6 rings (SSSR count). The van der Waals surface area contributed by atoms with Crippen molar-refractivity contribution in [1.29, 1.82) is 0 Å². The van der Waals surface area contributed by atoms with Gasteiger partial charge >= 0.3 is 0 Å². The second-order valence-corrected chi connectivity index (χ2v) is 8.59. The largest absolute Gasteiger partial charge is 0.493 e. The van der Waals surface area contributed by atoms with Gasteiger partial charge < -0.3 is 10.1 Å². The van der Waals surface area contributed by atoms with Crippen molar-refractivity contribution in [3.63, 3.8) is 0 Å². The molecule has 0 atom stereocenters. The third kappa shape index (κ3) is 4.33. The molecule has 0 saturated carbocycles. The molecule has 1 aliphatic heterocycles. The van der Waals surface area contributed by atoms with E-state index in [1.807, 2.05) is 60.9 Å². The highest BCUT2D eigenvalue weighted by atomic mass is 16.5. The van der Waals surface area contributed by atoms with E-state index in [2.05, 4.69) is 37.1 Å². The first-order valence-electron chi connectivity index (χ1n) is 12.0. The highest BCUT2D eigenvalue weighted by Crippen LogP contribution is 2.40. The van der Waals surface area contributed by atoms with Crippen LogP contribution >= 0.6 is 0 Å². The van der Waals surface area contributed by atoms with Gasteiger partial charge in [0, 0.05) is 54.4 Å². The molecule has 1 aliphatic rings. The summed E-state index contributed by atoms with van der Waals surface area (Å²) in [7, 11) is 0. The lowest BCUT2D eigenvalue weighted by atomic mass is 9.96. The van der Waals surface area contributed by atoms with E-state index in [1.165, 1.54) is 11.3 Å². The minimum absolute atomic E-state index is 0.617. The zero-order valence-electron chi connectivity index (χ0n) is 19.4. The third-order valence-corrected chi connectivity index (χ3v) is 6.29. The summed E-state index contributed by atoms with van der Waals surface area (Å²) < 4.78 is 8.16. The Morgan fingerprint density at radius 1 is 0.914 bits per heavy atom. The Hall–Kier alpha value is -4.26. The van der Waals surface area contributed by atoms with Crippen molar-refractivity contribution in [2.45, 2.75) is 25.8 Å². The standard InChI is InChI=1S/C28H26N6O/c1-3-13-29-23(7-1)28-27(25-8-5-17-34(25)33-28)22-12-16-30-24-19-20(10-11-21(22)24)35-18-6-15-32-26-9-2-4-14-31-26/h1-4,7,9-14,16,19H,5-6,8,15,17-18H2,(H,31,32). The smallest absolute Gasteiger partial charge is 0.125 e. The zero-order chi connectivity index (χ0) is 23.5. The van der Waals surface area contributed by atoms with Gasteiger partial charge in [0.25, 0.3) is 0 Å². The monoisotopic (exact) mass is 462 g/mol. The van der Waals surface area contributed by atoms with Crippen molar-refractivity contribution in [3.8, 4) is 28.3 Å². The van der Waals surface area contributed by atoms with Crippen molar-refractivity contribution in [2.75, 3.05) is 18.5 Å². The molecule has 0 unspecified atom stereocenters. The molecule has 5 aromatic rings. The fourth-order valence-corrected chi connectivity index (χ4v) is 4.68. The maximum absolute atomic E-state index is 6.02. The van der Waals surface area contributed by atoms with Gasteiger partial charge in [0.05, 0.1) is 17.8 Å². The van der Waals surface area contributed by atoms with Gasteiger partial charge in [-0.2, -0.15) is 5.10 Å². The van der Waals surface area contributed by atoms with Gasteiger partial charge in [-0.15, -0.1) is 0 Å². The molecule has 7 nitrogen and oxygen atoms in total. The van der Waals surface area contributed by atoms with E-state index in [4.69, 9.17) is 9.84 Å². The lowest BCUT2D eigenvalue weighted by Gasteiger charge is -2.11. The number of aromatic nitrogens is 5. The number of anilines is 1. The van der Waals surface area contributed by atoms with Crippen LogP contribution in [0, 0.1) is 0 Å². The summed E-state index contributed by atoms with van der Waals surface area (Å²) in [4.78, 5) is 13.5. The van der Waals surface area contributed by atoms with Crippen molar-refractivity contribution < 1.29 is 4.74 Å². The number of ether oxygens (including phenoxy) is 1. The van der Waals surface area contributed by atoms with Crippen LogP contribution in [0.2, 0.25) is 0 Å². The number of nitrogens with zero attached hydrogens (tertiary/aromatic N) is 5. The fraction of sp³-hybridized carbons (Fsp3) is 0.214. The van der Waals surface area contributed by atoms with E-state index in [0.717, 1.165) is 71.8 Å². The summed E-state index contributed by atoms with van der Waals surface area (Å²) in [5.74, 6) is 1.71. The lowest BCUT2D eigenvalue weighted by molar-refractivity contribution is 0.315. The molecule has 0 bridgehead atoms. The van der Waals surface area contributed by atoms with Crippen LogP contribution in [0.3, 0.4) is 0 Å². The first kappa shape index (κ1) is 21.3. The van der Waals surface area contributed by atoms with Gasteiger partial charge in [-0.25, -0.2) is 4.98 Å². The molecule has 35 heavy (non-hydrogen) atoms. The van der Waals surface area contributed by atoms with Crippen molar-refractivity contribution in [3.05, 3.63) is 84.9 Å². The van der Waals surface area contributed by atoms with Gasteiger partial charge in [-0.1, -0.05) is 12.1 Å². The first-order chi connectivity index (χ1) is 17.4. The van der Waals surface area contributed by atoms with Gasteiger partial charge in [-0.3, -0.25) is 14.6 Å². The molecule has 0 aliphatic carbocycles. The number of hydrogen-bond donors (Lipinski definition) is 1. The maximum Gasteiger partial charge on any atom is 0.125 e. The number of hydrogen-bond acceptors (Lipinski definition) is 6. The zero-order valence-corrected chi connectivity index (χ0v) is 19.4. The van der Waals surface area contributed by atoms with Gasteiger partial charge in [0.2, 0.25) is 0 Å². The molecule has 7 heteroatoms. The number of aryl methyl sites for hydroxylation is 1. The van der Waals surface area contributed by atoms with Gasteiger partial charge in [0.15, 0.2) is 0 Å². The van der Waals surface area contributed by atoms with E-state index in [-0.39, 0.29) is 0 Å². The predicted octanol–water partition coefficient (Wildman–Crippen LogP) is 5.38. The van der Waals surface area contributed by atoms with Crippen molar-refractivity contribution in [1.82, 2.24) is 24.7 Å². The van der Waals surface area contributed by atoms with E-state index in [0.29, 0.717) is 6.61 Å². The molecule has 0 saturated heterocycles. The van der Waals surface area contributed by atoms with Gasteiger partial charge in [-0.05, 0) is 67.3 Å². The molecule has 174 valence electrons. The summed E-state index contributed by atoms with van der Waals surface area (Å²) in [5.41, 5.74) is 6.34. The van der Waals surface area contributed by atoms with Crippen LogP contribution in [-0.2, 0) is 13.0 Å². The number of benzene rings is 1. The topological polar surface area (TPSA) is 77.8 Å². The molecule has 0 amide bonds. The number of rotatable bonds is 8. The highest BCUT2D eigenvalue weighted by molar-refractivity contribution is 5.99. The highest BCUT2D eigenvalue weighted by Gasteiger charge is 2.25. The SMILES string of the molecule is c1ccc(NCCCOc2ccc3c(-c4c(-c5ccccn5)nn5c4CCC5)ccnc3c2)nc1. The molecule has 5 heterocycles. The molecule has 0 radical (unpaired) electrons. The molecule has 0 fully saturated rings. The van der Waals surface area contributed by atoms with Crippen LogP contribution in [0.25, 0.3) is 33.4 Å². The van der Waals surface area contributed by atoms with E-state index >= 15 is 0 Å². The number of nitrogens with one attached hydrogen (secondary N) is 1. The van der Waals surface area contributed by atoms with E-state index < -0.39 is 0 Å². The summed E-state index contributed by atoms with van der Waals surface area (Å²) in [6.07, 6.45) is 8.49. The van der Waals surface area contributed by atoms with Gasteiger partial charge in [0.1, 0.15) is 17.3 Å². The Kier molecular flexibility index (Phi) is 5.80. The quantitative estimate of drug-likeness (QED) is 0.312. The van der Waals surface area contributed by atoms with Crippen molar-refractivity contribution in [2.24, 2.45) is 0 Å². The van der Waals surface area contributed by atoms with Crippen LogP contribution in [0.15, 0.2) is 79.3 Å². The van der Waals surface area contributed by atoms with Crippen LogP contribution in [0.5, 0.6) is 5.75 Å². The second kappa shape index (κ2) is 9.54. The Labute approximate surface area is 203 Å². The Bertz CT molecular complexity index is 1450. The molecular weight excluding hydrogens is 436 g/mol. The van der Waals surface area contributed by atoms with Crippen LogP contribution in [-0.4, -0.2) is 37.9 Å². The second-order valence-electron chi connectivity index (χ2n) is 8.59. The van der Waals surface area contributed by atoms with E-state index in [1.54, 1.807) is 6.20 Å². The normalized spacial score (nSPS) is 12.6. The Morgan fingerprint density at radius 2 is 1.83 bits per heavy atom.